The van der Waals surface area contributed by atoms with E-state index >= 15 is 0 Å². The monoisotopic (exact) mass is 465 g/mol. The van der Waals surface area contributed by atoms with Crippen LogP contribution in [0.25, 0.3) is 11.1 Å². The Morgan fingerprint density at radius 1 is 1.15 bits per heavy atom. The van der Waals surface area contributed by atoms with Crippen LogP contribution in [0.1, 0.15) is 18.4 Å². The lowest BCUT2D eigenvalue weighted by Crippen LogP contribution is -2.37. The van der Waals surface area contributed by atoms with E-state index in [1.165, 1.54) is 12.5 Å². The quantitative estimate of drug-likeness (QED) is 0.488. The summed E-state index contributed by atoms with van der Waals surface area (Å²) in [6.45, 7) is 2.99. The zero-order chi connectivity index (χ0) is 23.3. The molecule has 0 radical (unpaired) electrons. The van der Waals surface area contributed by atoms with Crippen LogP contribution >= 0.6 is 0 Å². The average Bonchev–Trinajstić information content (AvgIpc) is 3.46. The molecule has 0 aliphatic carbocycles. The maximum atomic E-state index is 12.4. The van der Waals surface area contributed by atoms with Crippen molar-refractivity contribution in [2.45, 2.75) is 23.9 Å². The van der Waals surface area contributed by atoms with Gasteiger partial charge in [0.05, 0.1) is 24.6 Å². The molecule has 0 spiro atoms. The molecule has 1 N–H and O–H groups in total. The van der Waals surface area contributed by atoms with Gasteiger partial charge in [0.1, 0.15) is 5.75 Å². The third-order valence-electron chi connectivity index (χ3n) is 5.64. The van der Waals surface area contributed by atoms with Crippen molar-refractivity contribution in [3.05, 3.63) is 66.6 Å². The van der Waals surface area contributed by atoms with E-state index in [9.17, 15) is 8.42 Å². The highest BCUT2D eigenvalue weighted by Gasteiger charge is 2.28. The van der Waals surface area contributed by atoms with Gasteiger partial charge in [0.2, 0.25) is 0 Å². The molecule has 172 valence electrons. The average molecular weight is 466 g/mol. The minimum absolute atomic E-state index is 0.0575. The summed E-state index contributed by atoms with van der Waals surface area (Å²) in [4.78, 5) is 6.19. The number of hydrogen-bond donors (Lipinski definition) is 1. The third-order valence-corrected chi connectivity index (χ3v) is 7.04. The van der Waals surface area contributed by atoms with E-state index in [1.54, 1.807) is 11.6 Å². The highest BCUT2D eigenvalue weighted by Crippen LogP contribution is 2.23. The molecule has 3 aromatic rings. The fourth-order valence-corrected chi connectivity index (χ4v) is 5.14. The lowest BCUT2D eigenvalue weighted by Gasteiger charge is -2.16. The maximum Gasteiger partial charge on any atom is 0.259 e. The van der Waals surface area contributed by atoms with E-state index in [2.05, 4.69) is 20.7 Å². The maximum absolute atomic E-state index is 12.4. The molecule has 8 nitrogen and oxygen atoms in total. The van der Waals surface area contributed by atoms with Crippen LogP contribution in [-0.4, -0.2) is 55.2 Å². The van der Waals surface area contributed by atoms with E-state index in [-0.39, 0.29) is 11.1 Å². The minimum Gasteiger partial charge on any atom is -0.494 e. The molecular weight excluding hydrogens is 438 g/mol. The Labute approximate surface area is 194 Å². The molecule has 0 bridgehead atoms. The van der Waals surface area contributed by atoms with Crippen molar-refractivity contribution >= 4 is 10.0 Å². The van der Waals surface area contributed by atoms with E-state index in [0.717, 1.165) is 42.8 Å². The van der Waals surface area contributed by atoms with Gasteiger partial charge in [-0.1, -0.05) is 24.3 Å². The molecule has 1 aliphatic heterocycles. The van der Waals surface area contributed by atoms with Crippen molar-refractivity contribution in [2.75, 3.05) is 26.2 Å². The minimum atomic E-state index is -3.58. The molecule has 33 heavy (non-hydrogen) atoms. The second-order valence-electron chi connectivity index (χ2n) is 8.20. The van der Waals surface area contributed by atoms with Crippen LogP contribution in [0.2, 0.25) is 0 Å². The molecule has 1 saturated heterocycles. The summed E-state index contributed by atoms with van der Waals surface area (Å²) in [6, 6.07) is 17.4. The van der Waals surface area contributed by atoms with E-state index in [1.807, 2.05) is 48.5 Å². The summed E-state index contributed by atoms with van der Waals surface area (Å²) in [5.74, 6) is 0.815. The number of rotatable bonds is 9. The molecular formula is C24H27N5O3S. The Kier molecular flexibility index (Phi) is 7.08. The zero-order valence-corrected chi connectivity index (χ0v) is 19.3. The van der Waals surface area contributed by atoms with Gasteiger partial charge in [0.15, 0.2) is 5.03 Å². The first kappa shape index (κ1) is 23.0. The summed E-state index contributed by atoms with van der Waals surface area (Å²) in [5.41, 5.74) is 2.78. The van der Waals surface area contributed by atoms with Crippen molar-refractivity contribution in [3.8, 4) is 22.9 Å². The molecule has 1 aromatic heterocycles. The zero-order valence-electron chi connectivity index (χ0n) is 18.5. The van der Waals surface area contributed by atoms with Crippen LogP contribution in [0.3, 0.4) is 0 Å². The highest BCUT2D eigenvalue weighted by atomic mass is 32.2. The normalized spacial score (nSPS) is 16.5. The Hall–Kier alpha value is -3.19. The number of ether oxygens (including phenoxy) is 1. The fourth-order valence-electron chi connectivity index (χ4n) is 3.90. The van der Waals surface area contributed by atoms with Crippen LogP contribution in [0.4, 0.5) is 0 Å². The number of nitrogens with zero attached hydrogens (tertiary/aromatic N) is 4. The highest BCUT2D eigenvalue weighted by molar-refractivity contribution is 7.89. The summed E-state index contributed by atoms with van der Waals surface area (Å²) in [5, 5.41) is 8.97. The van der Waals surface area contributed by atoms with Crippen LogP contribution in [0.5, 0.6) is 5.75 Å². The first-order chi connectivity index (χ1) is 15.9. The van der Waals surface area contributed by atoms with E-state index in [0.29, 0.717) is 18.7 Å². The van der Waals surface area contributed by atoms with Crippen LogP contribution in [0.15, 0.2) is 66.1 Å². The number of nitriles is 1. The first-order valence-corrected chi connectivity index (χ1v) is 12.4. The van der Waals surface area contributed by atoms with Crippen LogP contribution < -0.4 is 9.46 Å². The van der Waals surface area contributed by atoms with Crippen molar-refractivity contribution in [3.63, 3.8) is 0 Å². The fraction of sp³-hybridized carbons (Fsp3) is 0.333. The molecule has 0 amide bonds. The molecule has 0 saturated carbocycles. The molecule has 0 unspecified atom stereocenters. The van der Waals surface area contributed by atoms with Gasteiger partial charge < -0.3 is 14.2 Å². The molecule has 2 heterocycles. The molecule has 1 fully saturated rings. The molecule has 2 aromatic carbocycles. The summed E-state index contributed by atoms with van der Waals surface area (Å²) >= 11 is 0. The van der Waals surface area contributed by atoms with E-state index in [4.69, 9.17) is 10.00 Å². The Bertz CT molecular complexity index is 1210. The smallest absolute Gasteiger partial charge is 0.259 e. The topological polar surface area (TPSA) is 100 Å². The molecule has 1 aliphatic rings. The van der Waals surface area contributed by atoms with Gasteiger partial charge in [-0.05, 0) is 54.8 Å². The van der Waals surface area contributed by atoms with Gasteiger partial charge in [-0.3, -0.25) is 0 Å². The number of aromatic nitrogens is 2. The van der Waals surface area contributed by atoms with Gasteiger partial charge >= 0.3 is 0 Å². The largest absolute Gasteiger partial charge is 0.494 e. The number of sulfonamides is 1. The number of hydrogen-bond acceptors (Lipinski definition) is 6. The summed E-state index contributed by atoms with van der Waals surface area (Å²) in [6.07, 6.45) is 4.63. The number of nitrogens with one attached hydrogen (secondary N) is 1. The van der Waals surface area contributed by atoms with Crippen molar-refractivity contribution < 1.29 is 13.2 Å². The van der Waals surface area contributed by atoms with Gasteiger partial charge in [0.25, 0.3) is 10.0 Å². The lowest BCUT2D eigenvalue weighted by molar-refractivity contribution is 0.261. The Morgan fingerprint density at radius 2 is 1.85 bits per heavy atom. The second-order valence-corrected chi connectivity index (χ2v) is 9.86. The third kappa shape index (κ3) is 5.99. The number of benzene rings is 2. The lowest BCUT2D eigenvalue weighted by atomic mass is 10.0. The number of imidazole rings is 1. The standard InChI is InChI=1S/C24H27N5O3S/c1-28-17-24(26-18-28)33(30,31)27-22-11-13-29(16-22)12-2-14-32-23-9-7-21(8-10-23)20-5-3-19(15-25)4-6-20/h3-10,17-18,22,27H,2,11-14,16H2,1H3/t22-/m1/s1. The van der Waals surface area contributed by atoms with Crippen LogP contribution in [0, 0.1) is 11.3 Å². The Balaban J connectivity index is 1.18. The molecule has 4 rings (SSSR count). The summed E-state index contributed by atoms with van der Waals surface area (Å²) < 4.78 is 35.1. The second kappa shape index (κ2) is 10.2. The van der Waals surface area contributed by atoms with E-state index < -0.39 is 10.0 Å². The van der Waals surface area contributed by atoms with Gasteiger partial charge in [-0.15, -0.1) is 0 Å². The number of aryl methyl sites for hydroxylation is 1. The van der Waals surface area contributed by atoms with Crippen molar-refractivity contribution in [1.29, 1.82) is 5.26 Å². The predicted octanol–water partition coefficient (Wildman–Crippen LogP) is 2.78. The molecule has 9 heteroatoms. The van der Waals surface area contributed by atoms with Gasteiger partial charge in [-0.2, -0.15) is 5.26 Å². The van der Waals surface area contributed by atoms with Crippen LogP contribution in [-0.2, 0) is 17.1 Å². The van der Waals surface area contributed by atoms with Crippen molar-refractivity contribution in [1.82, 2.24) is 19.2 Å². The van der Waals surface area contributed by atoms with Crippen molar-refractivity contribution in [2.24, 2.45) is 7.05 Å². The number of likely N-dealkylation sites (tertiary alicyclic amines) is 1. The van der Waals surface area contributed by atoms with Gasteiger partial charge in [-0.25, -0.2) is 18.1 Å². The molecule has 1 atom stereocenters. The first-order valence-electron chi connectivity index (χ1n) is 10.9. The predicted molar refractivity (Wildman–Crippen MR) is 125 cm³/mol. The summed E-state index contributed by atoms with van der Waals surface area (Å²) in [7, 11) is -1.84. The SMILES string of the molecule is Cn1cnc(S(=O)(=O)N[C@@H]2CCN(CCCOc3ccc(-c4ccc(C#N)cc4)cc3)C2)c1. The Morgan fingerprint density at radius 3 is 2.48 bits per heavy atom. The van der Waals surface area contributed by atoms with Gasteiger partial charge in [0, 0.05) is 32.4 Å².